The molecule has 0 saturated heterocycles. The molecule has 0 radical (unpaired) electrons. The summed E-state index contributed by atoms with van der Waals surface area (Å²) in [6.07, 6.45) is 8.04. The van der Waals surface area contributed by atoms with E-state index in [2.05, 4.69) is 31.0 Å². The molecule has 2 atom stereocenters. The third-order valence-electron chi connectivity index (χ3n) is 4.59. The number of nitrogens with two attached hydrogens (primary N) is 1. The van der Waals surface area contributed by atoms with Crippen LogP contribution in [0.2, 0.25) is 0 Å². The lowest BCUT2D eigenvalue weighted by molar-refractivity contribution is 0.138. The molecule has 0 spiro atoms. The van der Waals surface area contributed by atoms with Crippen LogP contribution in [0.4, 0.5) is 5.69 Å². The summed E-state index contributed by atoms with van der Waals surface area (Å²) in [5, 5.41) is 0. The third-order valence-corrected chi connectivity index (χ3v) is 4.59. The van der Waals surface area contributed by atoms with Crippen LogP contribution in [0, 0.1) is 5.92 Å². The summed E-state index contributed by atoms with van der Waals surface area (Å²) in [7, 11) is 2.30. The third kappa shape index (κ3) is 4.24. The average Bonchev–Trinajstić information content (AvgIpc) is 2.41. The molecule has 1 aliphatic carbocycles. The number of anilines is 1. The molecule has 0 bridgehead atoms. The van der Waals surface area contributed by atoms with Crippen LogP contribution in [0.3, 0.4) is 0 Å². The minimum absolute atomic E-state index is 0.806. The fraction of sp³-hybridized carbons (Fsp3) is 0.647. The summed E-state index contributed by atoms with van der Waals surface area (Å²) < 4.78 is 0. The van der Waals surface area contributed by atoms with Crippen LogP contribution < -0.4 is 5.73 Å². The predicted octanol–water partition coefficient (Wildman–Crippen LogP) is 3.71. The second-order valence-electron chi connectivity index (χ2n) is 6.15. The SMILES string of the molecule is CC1CCCCC1N(C)CCCc1ccc(N)cc1. The van der Waals surface area contributed by atoms with Crippen LogP contribution in [-0.2, 0) is 6.42 Å². The first-order chi connectivity index (χ1) is 9.16. The van der Waals surface area contributed by atoms with Crippen molar-refractivity contribution in [2.75, 3.05) is 19.3 Å². The molecule has 2 N–H and O–H groups in total. The zero-order chi connectivity index (χ0) is 13.7. The highest BCUT2D eigenvalue weighted by atomic mass is 15.1. The first-order valence-electron chi connectivity index (χ1n) is 7.71. The molecule has 1 aliphatic rings. The first-order valence-corrected chi connectivity index (χ1v) is 7.71. The van der Waals surface area contributed by atoms with E-state index in [4.69, 9.17) is 5.73 Å². The van der Waals surface area contributed by atoms with E-state index in [0.29, 0.717) is 0 Å². The molecule has 19 heavy (non-hydrogen) atoms. The number of rotatable bonds is 5. The summed E-state index contributed by atoms with van der Waals surface area (Å²) in [6.45, 7) is 3.62. The molecule has 2 heteroatoms. The lowest BCUT2D eigenvalue weighted by Gasteiger charge is -2.36. The monoisotopic (exact) mass is 260 g/mol. The smallest absolute Gasteiger partial charge is 0.0314 e. The summed E-state index contributed by atoms with van der Waals surface area (Å²) in [5.74, 6) is 0.871. The Morgan fingerprint density at radius 1 is 1.16 bits per heavy atom. The van der Waals surface area contributed by atoms with Gasteiger partial charge in [0, 0.05) is 11.7 Å². The van der Waals surface area contributed by atoms with Crippen molar-refractivity contribution in [1.29, 1.82) is 0 Å². The van der Waals surface area contributed by atoms with Gasteiger partial charge in [0.15, 0.2) is 0 Å². The molecule has 106 valence electrons. The number of hydrogen-bond acceptors (Lipinski definition) is 2. The summed E-state index contributed by atoms with van der Waals surface area (Å²) >= 11 is 0. The maximum Gasteiger partial charge on any atom is 0.0314 e. The van der Waals surface area contributed by atoms with Crippen LogP contribution >= 0.6 is 0 Å². The van der Waals surface area contributed by atoms with E-state index in [-0.39, 0.29) is 0 Å². The van der Waals surface area contributed by atoms with Gasteiger partial charge >= 0.3 is 0 Å². The molecule has 2 nitrogen and oxygen atoms in total. The minimum Gasteiger partial charge on any atom is -0.399 e. The Balaban J connectivity index is 1.74. The largest absolute Gasteiger partial charge is 0.399 e. The van der Waals surface area contributed by atoms with Crippen LogP contribution in [-0.4, -0.2) is 24.5 Å². The molecular formula is C17H28N2. The summed E-state index contributed by atoms with van der Waals surface area (Å²) in [5.41, 5.74) is 7.97. The van der Waals surface area contributed by atoms with Crippen molar-refractivity contribution in [2.45, 2.75) is 51.5 Å². The van der Waals surface area contributed by atoms with E-state index in [1.807, 2.05) is 12.1 Å². The van der Waals surface area contributed by atoms with Gasteiger partial charge in [-0.3, -0.25) is 0 Å². The highest BCUT2D eigenvalue weighted by Crippen LogP contribution is 2.27. The Kier molecular flexibility index (Phi) is 5.26. The number of nitrogens with zero attached hydrogens (tertiary/aromatic N) is 1. The molecule has 0 heterocycles. The van der Waals surface area contributed by atoms with Gasteiger partial charge in [-0.25, -0.2) is 0 Å². The van der Waals surface area contributed by atoms with Gasteiger partial charge in [-0.15, -0.1) is 0 Å². The Hall–Kier alpha value is -1.02. The van der Waals surface area contributed by atoms with Crippen molar-refractivity contribution in [2.24, 2.45) is 5.92 Å². The molecule has 2 unspecified atom stereocenters. The number of benzene rings is 1. The number of nitrogen functional groups attached to an aromatic ring is 1. The van der Waals surface area contributed by atoms with E-state index in [1.165, 1.54) is 44.2 Å². The van der Waals surface area contributed by atoms with Crippen LogP contribution in [0.1, 0.15) is 44.6 Å². The van der Waals surface area contributed by atoms with Crippen molar-refractivity contribution < 1.29 is 0 Å². The number of aryl methyl sites for hydroxylation is 1. The fourth-order valence-corrected chi connectivity index (χ4v) is 3.33. The van der Waals surface area contributed by atoms with Crippen molar-refractivity contribution in [3.05, 3.63) is 29.8 Å². The Labute approximate surface area is 118 Å². The van der Waals surface area contributed by atoms with Gasteiger partial charge in [-0.1, -0.05) is 31.9 Å². The maximum absolute atomic E-state index is 5.71. The standard InChI is InChI=1S/C17H28N2/c1-14-6-3-4-8-17(14)19(2)13-5-7-15-9-11-16(18)12-10-15/h9-12,14,17H,3-8,13,18H2,1-2H3. The predicted molar refractivity (Wildman–Crippen MR) is 83.2 cm³/mol. The first kappa shape index (κ1) is 14.4. The number of hydrogen-bond donors (Lipinski definition) is 1. The van der Waals surface area contributed by atoms with Crippen molar-refractivity contribution in [3.63, 3.8) is 0 Å². The van der Waals surface area contributed by atoms with Crippen LogP contribution in [0.5, 0.6) is 0 Å². The van der Waals surface area contributed by atoms with Gasteiger partial charge < -0.3 is 10.6 Å². The van der Waals surface area contributed by atoms with E-state index < -0.39 is 0 Å². The fourth-order valence-electron chi connectivity index (χ4n) is 3.33. The van der Waals surface area contributed by atoms with Gasteiger partial charge in [0.1, 0.15) is 0 Å². The van der Waals surface area contributed by atoms with Crippen LogP contribution in [0.25, 0.3) is 0 Å². The lowest BCUT2D eigenvalue weighted by Crippen LogP contribution is -2.39. The van der Waals surface area contributed by atoms with Crippen molar-refractivity contribution in [3.8, 4) is 0 Å². The van der Waals surface area contributed by atoms with E-state index in [9.17, 15) is 0 Å². The van der Waals surface area contributed by atoms with Gasteiger partial charge in [0.25, 0.3) is 0 Å². The highest BCUT2D eigenvalue weighted by molar-refractivity contribution is 5.39. The summed E-state index contributed by atoms with van der Waals surface area (Å²) in [4.78, 5) is 2.58. The molecular weight excluding hydrogens is 232 g/mol. The molecule has 1 aromatic rings. The second-order valence-corrected chi connectivity index (χ2v) is 6.15. The zero-order valence-electron chi connectivity index (χ0n) is 12.4. The Bertz CT molecular complexity index is 371. The second kappa shape index (κ2) is 6.95. The lowest BCUT2D eigenvalue weighted by atomic mass is 9.85. The molecule has 1 saturated carbocycles. The average molecular weight is 260 g/mol. The van der Waals surface area contributed by atoms with Gasteiger partial charge in [-0.2, -0.15) is 0 Å². The normalized spacial score (nSPS) is 23.7. The van der Waals surface area contributed by atoms with Gasteiger partial charge in [0.05, 0.1) is 0 Å². The molecule has 2 rings (SSSR count). The summed E-state index contributed by atoms with van der Waals surface area (Å²) in [6, 6.07) is 9.11. The van der Waals surface area contributed by atoms with E-state index in [0.717, 1.165) is 24.1 Å². The molecule has 1 fully saturated rings. The zero-order valence-corrected chi connectivity index (χ0v) is 12.4. The molecule has 1 aromatic carbocycles. The quantitative estimate of drug-likeness (QED) is 0.818. The molecule has 0 aromatic heterocycles. The van der Waals surface area contributed by atoms with Gasteiger partial charge in [0.2, 0.25) is 0 Å². The minimum atomic E-state index is 0.806. The Morgan fingerprint density at radius 2 is 1.84 bits per heavy atom. The maximum atomic E-state index is 5.71. The van der Waals surface area contributed by atoms with Crippen molar-refractivity contribution >= 4 is 5.69 Å². The Morgan fingerprint density at radius 3 is 2.53 bits per heavy atom. The van der Waals surface area contributed by atoms with E-state index in [1.54, 1.807) is 0 Å². The topological polar surface area (TPSA) is 29.3 Å². The highest BCUT2D eigenvalue weighted by Gasteiger charge is 2.24. The molecule has 0 amide bonds. The van der Waals surface area contributed by atoms with Crippen LogP contribution in [0.15, 0.2) is 24.3 Å². The molecule has 0 aliphatic heterocycles. The van der Waals surface area contributed by atoms with Crippen molar-refractivity contribution in [1.82, 2.24) is 4.90 Å². The van der Waals surface area contributed by atoms with E-state index >= 15 is 0 Å². The van der Waals surface area contributed by atoms with Gasteiger partial charge in [-0.05, 0) is 62.9 Å².